The van der Waals surface area contributed by atoms with Gasteiger partial charge in [-0.2, -0.15) is 0 Å². The predicted molar refractivity (Wildman–Crippen MR) is 169 cm³/mol. The van der Waals surface area contributed by atoms with E-state index in [0.29, 0.717) is 28.1 Å². The molecule has 2 amide bonds. The zero-order chi connectivity index (χ0) is 32.3. The number of rotatable bonds is 6. The van der Waals surface area contributed by atoms with Crippen LogP contribution in [0.4, 0.5) is 8.78 Å². The maximum Gasteiger partial charge on any atom is 0.251 e. The lowest BCUT2D eigenvalue weighted by Gasteiger charge is -2.22. The Morgan fingerprint density at radius 1 is 0.826 bits per heavy atom. The van der Waals surface area contributed by atoms with E-state index in [-0.39, 0.29) is 17.2 Å². The number of aromatic nitrogens is 6. The summed E-state index contributed by atoms with van der Waals surface area (Å²) in [6.07, 6.45) is 9.38. The maximum atomic E-state index is 13.8. The number of nitrogens with two attached hydrogens (primary N) is 2. The quantitative estimate of drug-likeness (QED) is 0.213. The van der Waals surface area contributed by atoms with Crippen LogP contribution in [-0.4, -0.2) is 77.5 Å². The van der Waals surface area contributed by atoms with Crippen LogP contribution >= 0.6 is 0 Å². The second-order valence-corrected chi connectivity index (χ2v) is 12.2. The number of imidazole rings is 2. The molecule has 0 aliphatic carbocycles. The molecular weight excluding hydrogens is 594 g/mol. The van der Waals surface area contributed by atoms with Crippen LogP contribution in [0, 0.1) is 11.6 Å². The van der Waals surface area contributed by atoms with Gasteiger partial charge in [-0.25, -0.2) is 27.8 Å². The molecule has 2 unspecified atom stereocenters. The monoisotopic (exact) mass is 630 g/mol. The Labute approximate surface area is 262 Å². The first-order valence-corrected chi connectivity index (χ1v) is 15.6. The van der Waals surface area contributed by atoms with Crippen LogP contribution in [-0.2, 0) is 0 Å². The number of nitrogens with one attached hydrogen (secondary N) is 2. The highest BCUT2D eigenvalue weighted by Crippen LogP contribution is 2.36. The van der Waals surface area contributed by atoms with Gasteiger partial charge in [0.05, 0.1) is 22.2 Å². The van der Waals surface area contributed by atoms with Crippen LogP contribution in [0.25, 0.3) is 33.4 Å². The van der Waals surface area contributed by atoms with Crippen LogP contribution in [0.15, 0.2) is 36.7 Å². The number of carbonyl (C=O) groups is 2. The molecule has 4 aromatic heterocycles. The van der Waals surface area contributed by atoms with Gasteiger partial charge >= 0.3 is 0 Å². The highest BCUT2D eigenvalue weighted by molar-refractivity contribution is 6.06. The van der Waals surface area contributed by atoms with Crippen LogP contribution < -0.4 is 11.5 Å². The van der Waals surface area contributed by atoms with Gasteiger partial charge in [-0.3, -0.25) is 29.6 Å². The number of nitrogens with zero attached hydrogens (tertiary/aromatic N) is 6. The molecule has 2 fully saturated rings. The molecule has 0 radical (unpaired) electrons. The number of fused-ring (bicyclic) bond motifs is 6. The van der Waals surface area contributed by atoms with Gasteiger partial charge in [0.1, 0.15) is 22.7 Å². The summed E-state index contributed by atoms with van der Waals surface area (Å²) in [4.78, 5) is 37.1. The summed E-state index contributed by atoms with van der Waals surface area (Å²) < 4.78 is 30.9. The third-order valence-corrected chi connectivity index (χ3v) is 9.29. The third-order valence-electron chi connectivity index (χ3n) is 9.29. The van der Waals surface area contributed by atoms with Gasteiger partial charge in [0.25, 0.3) is 11.8 Å². The fraction of sp³-hybridized carbons (Fsp3) is 0.375. The van der Waals surface area contributed by atoms with Gasteiger partial charge in [-0.15, -0.1) is 0 Å². The Morgan fingerprint density at radius 2 is 1.33 bits per heavy atom. The first-order valence-electron chi connectivity index (χ1n) is 15.6. The summed E-state index contributed by atoms with van der Waals surface area (Å²) in [6.45, 7) is 5.35. The minimum atomic E-state index is -0.666. The minimum Gasteiger partial charge on any atom is -0.366 e. The zero-order valence-corrected chi connectivity index (χ0v) is 25.7. The summed E-state index contributed by atoms with van der Waals surface area (Å²) in [5.74, 6) is -2.35. The number of halogens is 2. The van der Waals surface area contributed by atoms with E-state index in [4.69, 9.17) is 11.5 Å². The van der Waals surface area contributed by atoms with Crippen molar-refractivity contribution in [1.29, 1.82) is 0 Å². The molecule has 6 heterocycles. The van der Waals surface area contributed by atoms with Crippen LogP contribution in [0.2, 0.25) is 0 Å². The average Bonchev–Trinajstić information content (AvgIpc) is 3.84. The number of likely N-dealkylation sites (tertiary alicyclic amines) is 2. The van der Waals surface area contributed by atoms with Crippen molar-refractivity contribution in [3.63, 3.8) is 0 Å². The Balaban J connectivity index is 0.000000147. The van der Waals surface area contributed by atoms with E-state index in [1.165, 1.54) is 12.1 Å². The standard InChI is InChI=1S/C17H20FN5O.C15H16FN5O/c1-2-5-22-6-3-4-14(22)12-9-20-23-15-11(16(19)24)7-10(18)8-13(15)21-17(12)23;1-20-4-2-3-12(20)10-7-18-21-13-9(14(17)22)5-8(16)6-11(13)19-15(10)21/h7-9,14,20H,2-6H2,1H3,(H2,19,24);5-7,12,18H,2-4H2,1H3,(H2,17,22). The normalized spacial score (nSPS) is 19.1. The smallest absolute Gasteiger partial charge is 0.251 e. The average molecular weight is 631 g/mol. The van der Waals surface area contributed by atoms with E-state index in [9.17, 15) is 18.4 Å². The molecule has 2 saturated heterocycles. The predicted octanol–water partition coefficient (Wildman–Crippen LogP) is 4.42. The number of hydrogen-bond acceptors (Lipinski definition) is 6. The maximum absolute atomic E-state index is 13.8. The van der Waals surface area contributed by atoms with E-state index < -0.39 is 23.4 Å². The Morgan fingerprint density at radius 3 is 1.80 bits per heavy atom. The molecule has 2 atom stereocenters. The van der Waals surface area contributed by atoms with Crippen molar-refractivity contribution in [2.75, 3.05) is 26.7 Å². The number of benzene rings is 2. The molecule has 0 bridgehead atoms. The van der Waals surface area contributed by atoms with Crippen LogP contribution in [0.5, 0.6) is 0 Å². The van der Waals surface area contributed by atoms with E-state index in [1.54, 1.807) is 9.03 Å². The summed E-state index contributed by atoms with van der Waals surface area (Å²) >= 11 is 0. The molecule has 46 heavy (non-hydrogen) atoms. The number of primary amides is 2. The Bertz CT molecular complexity index is 2130. The molecule has 2 aliphatic rings. The van der Waals surface area contributed by atoms with Crippen LogP contribution in [0.3, 0.4) is 0 Å². The summed E-state index contributed by atoms with van der Waals surface area (Å²) in [6, 6.07) is 5.57. The highest BCUT2D eigenvalue weighted by atomic mass is 19.1. The van der Waals surface area contributed by atoms with Crippen LogP contribution in [0.1, 0.15) is 83.0 Å². The SMILES string of the molecule is CCCN1CCCC1c1c[nH]n2c1nc1cc(F)cc(C(N)=O)c12.CN1CCCC1c1c[nH]n2c1nc1cc(F)cc(C(N)=O)c12. The fourth-order valence-electron chi connectivity index (χ4n) is 7.29. The van der Waals surface area contributed by atoms with Crippen molar-refractivity contribution >= 4 is 45.2 Å². The molecule has 8 rings (SSSR count). The summed E-state index contributed by atoms with van der Waals surface area (Å²) in [7, 11) is 2.08. The lowest BCUT2D eigenvalue weighted by Crippen LogP contribution is -2.23. The van der Waals surface area contributed by atoms with Crippen molar-refractivity contribution in [1.82, 2.24) is 39.0 Å². The van der Waals surface area contributed by atoms with Gasteiger partial charge in [-0.05, 0) is 70.9 Å². The van der Waals surface area contributed by atoms with Gasteiger partial charge < -0.3 is 11.5 Å². The fourth-order valence-corrected chi connectivity index (χ4v) is 7.29. The van der Waals surface area contributed by atoms with Gasteiger partial charge in [0.2, 0.25) is 0 Å². The molecule has 240 valence electrons. The topological polar surface area (TPSA) is 159 Å². The molecule has 0 saturated carbocycles. The second-order valence-electron chi connectivity index (χ2n) is 12.2. The van der Waals surface area contributed by atoms with E-state index in [2.05, 4.69) is 43.9 Å². The van der Waals surface area contributed by atoms with Crippen molar-refractivity contribution in [3.05, 3.63) is 70.5 Å². The van der Waals surface area contributed by atoms with Gasteiger partial charge in [-0.1, -0.05) is 6.92 Å². The number of H-pyrrole nitrogens is 2. The zero-order valence-electron chi connectivity index (χ0n) is 25.7. The summed E-state index contributed by atoms with van der Waals surface area (Å²) in [5.41, 5.74) is 16.6. The molecule has 6 aromatic rings. The molecule has 2 aliphatic heterocycles. The molecular formula is C32H36F2N10O2. The Hall–Kier alpha value is -4.82. The first-order chi connectivity index (χ1) is 22.2. The van der Waals surface area contributed by atoms with Crippen molar-refractivity contribution in [3.8, 4) is 0 Å². The van der Waals surface area contributed by atoms with Crippen molar-refractivity contribution < 1.29 is 18.4 Å². The molecule has 6 N–H and O–H groups in total. The van der Waals surface area contributed by atoms with Gasteiger partial charge in [0, 0.05) is 47.7 Å². The first kappa shape index (κ1) is 29.9. The summed E-state index contributed by atoms with van der Waals surface area (Å²) in [5, 5.41) is 6.28. The van der Waals surface area contributed by atoms with Gasteiger partial charge in [0.15, 0.2) is 11.3 Å². The molecule has 2 aromatic carbocycles. The molecule has 12 nitrogen and oxygen atoms in total. The lowest BCUT2D eigenvalue weighted by atomic mass is 10.1. The highest BCUT2D eigenvalue weighted by Gasteiger charge is 2.30. The number of aromatic amines is 2. The Kier molecular flexibility index (Phi) is 7.48. The number of carbonyl (C=O) groups excluding carboxylic acids is 2. The largest absolute Gasteiger partial charge is 0.366 e. The molecule has 0 spiro atoms. The number of hydrogen-bond donors (Lipinski definition) is 4. The number of amides is 2. The lowest BCUT2D eigenvalue weighted by molar-refractivity contribution is 0.0992. The third kappa shape index (κ3) is 4.88. The molecule has 14 heteroatoms. The minimum absolute atomic E-state index is 0.135. The van der Waals surface area contributed by atoms with Crippen molar-refractivity contribution in [2.45, 2.75) is 51.1 Å². The van der Waals surface area contributed by atoms with E-state index in [0.717, 1.165) is 86.3 Å². The van der Waals surface area contributed by atoms with E-state index in [1.807, 2.05) is 12.4 Å². The van der Waals surface area contributed by atoms with Crippen molar-refractivity contribution in [2.24, 2.45) is 11.5 Å². The second kappa shape index (κ2) is 11.5. The van der Waals surface area contributed by atoms with E-state index >= 15 is 0 Å².